The van der Waals surface area contributed by atoms with Crippen molar-refractivity contribution in [2.75, 3.05) is 7.11 Å². The minimum atomic E-state index is -0.874. The van der Waals surface area contributed by atoms with Crippen molar-refractivity contribution in [3.05, 3.63) is 42.0 Å². The number of carbonyl (C=O) groups is 2. The van der Waals surface area contributed by atoms with Crippen molar-refractivity contribution in [2.24, 2.45) is 5.92 Å². The van der Waals surface area contributed by atoms with Crippen LogP contribution >= 0.6 is 0 Å². The number of carboxylic acids is 1. The molecule has 4 nitrogen and oxygen atoms in total. The van der Waals surface area contributed by atoms with Gasteiger partial charge in [-0.15, -0.1) is 0 Å². The van der Waals surface area contributed by atoms with Crippen molar-refractivity contribution in [3.63, 3.8) is 0 Å². The molecule has 0 aliphatic carbocycles. The summed E-state index contributed by atoms with van der Waals surface area (Å²) >= 11 is 0. The van der Waals surface area contributed by atoms with Gasteiger partial charge < -0.3 is 9.84 Å². The molecule has 2 aromatic carbocycles. The second-order valence-electron chi connectivity index (χ2n) is 5.26. The molecule has 0 aliphatic heterocycles. The van der Waals surface area contributed by atoms with Crippen LogP contribution in [0.5, 0.6) is 5.75 Å². The Hall–Kier alpha value is -2.36. The second kappa shape index (κ2) is 6.39. The van der Waals surface area contributed by atoms with Crippen molar-refractivity contribution in [3.8, 4) is 5.75 Å². The number of hydrogen-bond donors (Lipinski definition) is 1. The van der Waals surface area contributed by atoms with Gasteiger partial charge in [0, 0.05) is 18.4 Å². The van der Waals surface area contributed by atoms with Crippen molar-refractivity contribution < 1.29 is 19.4 Å². The Morgan fingerprint density at radius 1 is 1.10 bits per heavy atom. The minimum absolute atomic E-state index is 0.0104. The molecular formula is C17H18O4. The first-order valence-electron chi connectivity index (χ1n) is 6.82. The topological polar surface area (TPSA) is 63.6 Å². The lowest BCUT2D eigenvalue weighted by Crippen LogP contribution is -2.10. The number of aliphatic carboxylic acids is 1. The first-order chi connectivity index (χ1) is 9.99. The van der Waals surface area contributed by atoms with Crippen LogP contribution in [0.15, 0.2) is 36.4 Å². The predicted molar refractivity (Wildman–Crippen MR) is 80.9 cm³/mol. The molecule has 1 atom stereocenters. The van der Waals surface area contributed by atoms with Crippen molar-refractivity contribution >= 4 is 22.5 Å². The zero-order valence-electron chi connectivity index (χ0n) is 12.1. The lowest BCUT2D eigenvalue weighted by atomic mass is 9.96. The Morgan fingerprint density at radius 2 is 1.76 bits per heavy atom. The number of carboxylic acid groups (broad SMARTS) is 1. The fourth-order valence-corrected chi connectivity index (χ4v) is 2.33. The maximum Gasteiger partial charge on any atom is 0.303 e. The lowest BCUT2D eigenvalue weighted by molar-refractivity contribution is -0.137. The van der Waals surface area contributed by atoms with Gasteiger partial charge >= 0.3 is 5.97 Å². The number of Topliss-reactive ketones (excluding diaryl/α,β-unsaturated/α-hetero) is 1. The molecular weight excluding hydrogens is 268 g/mol. The summed E-state index contributed by atoms with van der Waals surface area (Å²) in [7, 11) is 1.61. The van der Waals surface area contributed by atoms with E-state index in [4.69, 9.17) is 9.84 Å². The molecule has 0 saturated carbocycles. The van der Waals surface area contributed by atoms with Crippen LogP contribution in [-0.4, -0.2) is 24.0 Å². The molecule has 21 heavy (non-hydrogen) atoms. The van der Waals surface area contributed by atoms with Crippen molar-refractivity contribution in [1.82, 2.24) is 0 Å². The van der Waals surface area contributed by atoms with Gasteiger partial charge in [0.25, 0.3) is 0 Å². The Bertz CT molecular complexity index is 676. The smallest absolute Gasteiger partial charge is 0.303 e. The van der Waals surface area contributed by atoms with Crippen LogP contribution in [0, 0.1) is 5.92 Å². The van der Waals surface area contributed by atoms with E-state index in [1.165, 1.54) is 0 Å². The summed E-state index contributed by atoms with van der Waals surface area (Å²) in [6.07, 6.45) is 0.254. The SMILES string of the molecule is COc1ccc2cc(C(=O)CC(C)CC(=O)O)ccc2c1. The van der Waals surface area contributed by atoms with Gasteiger partial charge in [-0.2, -0.15) is 0 Å². The van der Waals surface area contributed by atoms with Crippen LogP contribution in [0.1, 0.15) is 30.1 Å². The molecule has 1 unspecified atom stereocenters. The highest BCUT2D eigenvalue weighted by atomic mass is 16.5. The van der Waals surface area contributed by atoms with E-state index in [-0.39, 0.29) is 24.5 Å². The Labute approximate surface area is 123 Å². The molecule has 2 aromatic rings. The molecule has 0 aliphatic rings. The zero-order valence-corrected chi connectivity index (χ0v) is 12.1. The van der Waals surface area contributed by atoms with Gasteiger partial charge in [0.2, 0.25) is 0 Å². The minimum Gasteiger partial charge on any atom is -0.497 e. The first kappa shape index (κ1) is 15.0. The Morgan fingerprint density at radius 3 is 2.43 bits per heavy atom. The van der Waals surface area contributed by atoms with E-state index < -0.39 is 5.97 Å². The van der Waals surface area contributed by atoms with Crippen LogP contribution in [0.25, 0.3) is 10.8 Å². The van der Waals surface area contributed by atoms with E-state index in [9.17, 15) is 9.59 Å². The molecule has 0 aromatic heterocycles. The average Bonchev–Trinajstić information content (AvgIpc) is 2.45. The van der Waals surface area contributed by atoms with E-state index >= 15 is 0 Å². The van der Waals surface area contributed by atoms with Gasteiger partial charge in [0.1, 0.15) is 5.75 Å². The van der Waals surface area contributed by atoms with Crippen LogP contribution in [0.4, 0.5) is 0 Å². The molecule has 0 heterocycles. The highest BCUT2D eigenvalue weighted by molar-refractivity contribution is 6.00. The second-order valence-corrected chi connectivity index (χ2v) is 5.26. The molecule has 0 radical (unpaired) electrons. The number of ether oxygens (including phenoxy) is 1. The third kappa shape index (κ3) is 3.81. The number of fused-ring (bicyclic) bond motifs is 1. The maximum absolute atomic E-state index is 12.2. The highest BCUT2D eigenvalue weighted by Gasteiger charge is 2.14. The molecule has 1 N–H and O–H groups in total. The third-order valence-electron chi connectivity index (χ3n) is 3.43. The summed E-state index contributed by atoms with van der Waals surface area (Å²) < 4.78 is 5.17. The molecule has 0 amide bonds. The van der Waals surface area contributed by atoms with Gasteiger partial charge in [0.15, 0.2) is 5.78 Å². The van der Waals surface area contributed by atoms with Crippen molar-refractivity contribution in [1.29, 1.82) is 0 Å². The summed E-state index contributed by atoms with van der Waals surface area (Å²) in [5, 5.41) is 10.7. The van der Waals surface area contributed by atoms with Gasteiger partial charge in [0.05, 0.1) is 7.11 Å². The van der Waals surface area contributed by atoms with Gasteiger partial charge in [-0.05, 0) is 34.9 Å². The van der Waals surface area contributed by atoms with Crippen molar-refractivity contribution in [2.45, 2.75) is 19.8 Å². The normalized spacial score (nSPS) is 12.1. The maximum atomic E-state index is 12.2. The van der Waals surface area contributed by atoms with E-state index in [1.54, 1.807) is 20.1 Å². The monoisotopic (exact) mass is 286 g/mol. The van der Waals surface area contributed by atoms with E-state index in [1.807, 2.05) is 30.3 Å². The zero-order chi connectivity index (χ0) is 15.4. The van der Waals surface area contributed by atoms with E-state index in [0.29, 0.717) is 5.56 Å². The lowest BCUT2D eigenvalue weighted by Gasteiger charge is -2.09. The number of benzene rings is 2. The van der Waals surface area contributed by atoms with Gasteiger partial charge in [-0.1, -0.05) is 25.1 Å². The highest BCUT2D eigenvalue weighted by Crippen LogP contribution is 2.23. The summed E-state index contributed by atoms with van der Waals surface area (Å²) in [5.74, 6) is -0.291. The molecule has 0 saturated heterocycles. The largest absolute Gasteiger partial charge is 0.497 e. The van der Waals surface area contributed by atoms with E-state index in [2.05, 4.69) is 0 Å². The predicted octanol–water partition coefficient (Wildman–Crippen LogP) is 3.53. The third-order valence-corrected chi connectivity index (χ3v) is 3.43. The summed E-state index contributed by atoms with van der Waals surface area (Å²) in [5.41, 5.74) is 0.616. The molecule has 2 rings (SSSR count). The first-order valence-corrected chi connectivity index (χ1v) is 6.82. The number of ketones is 1. The number of rotatable bonds is 6. The molecule has 110 valence electrons. The van der Waals surface area contributed by atoms with Gasteiger partial charge in [-0.3, -0.25) is 9.59 Å². The summed E-state index contributed by atoms with van der Waals surface area (Å²) in [6, 6.07) is 11.2. The molecule has 0 fully saturated rings. The fraction of sp³-hybridized carbons (Fsp3) is 0.294. The molecule has 4 heteroatoms. The summed E-state index contributed by atoms with van der Waals surface area (Å²) in [4.78, 5) is 22.8. The number of carbonyl (C=O) groups excluding carboxylic acids is 1. The van der Waals surface area contributed by atoms with Crippen LogP contribution in [0.3, 0.4) is 0 Å². The van der Waals surface area contributed by atoms with Crippen LogP contribution < -0.4 is 4.74 Å². The van der Waals surface area contributed by atoms with Gasteiger partial charge in [-0.25, -0.2) is 0 Å². The fourth-order valence-electron chi connectivity index (χ4n) is 2.33. The number of hydrogen-bond acceptors (Lipinski definition) is 3. The average molecular weight is 286 g/mol. The quantitative estimate of drug-likeness (QED) is 0.825. The molecule has 0 spiro atoms. The molecule has 0 bridgehead atoms. The number of methoxy groups -OCH3 is 1. The Balaban J connectivity index is 2.18. The van der Waals surface area contributed by atoms with Crippen LogP contribution in [0.2, 0.25) is 0 Å². The van der Waals surface area contributed by atoms with E-state index in [0.717, 1.165) is 16.5 Å². The van der Waals surface area contributed by atoms with Crippen LogP contribution in [-0.2, 0) is 4.79 Å². The summed E-state index contributed by atoms with van der Waals surface area (Å²) in [6.45, 7) is 1.78. The Kier molecular flexibility index (Phi) is 4.58. The standard InChI is InChI=1S/C17H18O4/c1-11(8-17(19)20)7-16(18)14-4-3-13-10-15(21-2)6-5-12(13)9-14/h3-6,9-11H,7-8H2,1-2H3,(H,19,20).